The van der Waals surface area contributed by atoms with Gasteiger partial charge >= 0.3 is 12.1 Å². The number of carboxylic acid groups (broad SMARTS) is 1. The Morgan fingerprint density at radius 2 is 1.81 bits per heavy atom. The summed E-state index contributed by atoms with van der Waals surface area (Å²) in [6.45, 7) is 5.94. The van der Waals surface area contributed by atoms with Gasteiger partial charge in [0.2, 0.25) is 0 Å². The van der Waals surface area contributed by atoms with Crippen molar-refractivity contribution in [3.63, 3.8) is 0 Å². The molecule has 1 heterocycles. The SMILES string of the molecule is CC(C)(C)OC(=O)N1C[C@@H](C(=O)O)[C@H](c2ccccc2)C1. The molecular weight excluding hydrogens is 270 g/mol. The second-order valence-electron chi connectivity index (χ2n) is 6.35. The molecule has 5 nitrogen and oxygen atoms in total. The standard InChI is InChI=1S/C16H21NO4/c1-16(2,3)21-15(20)17-9-12(13(10-17)14(18)19)11-7-5-4-6-8-11/h4-8,12-13H,9-10H2,1-3H3,(H,18,19)/t12-,13+/m0/s1. The molecule has 1 aromatic rings. The van der Waals surface area contributed by atoms with Crippen molar-refractivity contribution in [1.82, 2.24) is 4.90 Å². The van der Waals surface area contributed by atoms with E-state index < -0.39 is 23.6 Å². The summed E-state index contributed by atoms with van der Waals surface area (Å²) in [4.78, 5) is 25.1. The third kappa shape index (κ3) is 3.74. The van der Waals surface area contributed by atoms with E-state index in [1.165, 1.54) is 4.90 Å². The fourth-order valence-corrected chi connectivity index (χ4v) is 2.57. The van der Waals surface area contributed by atoms with Crippen molar-refractivity contribution < 1.29 is 19.4 Å². The highest BCUT2D eigenvalue weighted by molar-refractivity contribution is 5.75. The molecule has 0 aliphatic carbocycles. The summed E-state index contributed by atoms with van der Waals surface area (Å²) < 4.78 is 5.33. The molecule has 1 saturated heterocycles. The molecule has 1 N–H and O–H groups in total. The Hall–Kier alpha value is -2.04. The van der Waals surface area contributed by atoms with Crippen LogP contribution in [0, 0.1) is 5.92 Å². The second-order valence-corrected chi connectivity index (χ2v) is 6.35. The quantitative estimate of drug-likeness (QED) is 0.909. The maximum absolute atomic E-state index is 12.1. The van der Waals surface area contributed by atoms with E-state index in [2.05, 4.69) is 0 Å². The summed E-state index contributed by atoms with van der Waals surface area (Å²) in [5, 5.41) is 9.40. The number of nitrogens with zero attached hydrogens (tertiary/aromatic N) is 1. The van der Waals surface area contributed by atoms with Gasteiger partial charge in [-0.1, -0.05) is 30.3 Å². The first-order chi connectivity index (χ1) is 9.78. The van der Waals surface area contributed by atoms with E-state index in [4.69, 9.17) is 4.74 Å². The van der Waals surface area contributed by atoms with Gasteiger partial charge in [-0.15, -0.1) is 0 Å². The highest BCUT2D eigenvalue weighted by atomic mass is 16.6. The Balaban J connectivity index is 2.16. The predicted molar refractivity (Wildman–Crippen MR) is 78.1 cm³/mol. The highest BCUT2D eigenvalue weighted by Crippen LogP contribution is 2.33. The van der Waals surface area contributed by atoms with Crippen LogP contribution in [0.1, 0.15) is 32.3 Å². The van der Waals surface area contributed by atoms with Gasteiger partial charge in [0.15, 0.2) is 0 Å². The minimum atomic E-state index is -0.880. The first kappa shape index (κ1) is 15.4. The minimum absolute atomic E-state index is 0.184. The van der Waals surface area contributed by atoms with E-state index in [9.17, 15) is 14.7 Å². The molecule has 2 atom stereocenters. The summed E-state index contributed by atoms with van der Waals surface area (Å²) >= 11 is 0. The van der Waals surface area contributed by atoms with Crippen molar-refractivity contribution >= 4 is 12.1 Å². The number of ether oxygens (including phenoxy) is 1. The van der Waals surface area contributed by atoms with Crippen molar-refractivity contribution in [3.05, 3.63) is 35.9 Å². The number of amides is 1. The van der Waals surface area contributed by atoms with E-state index in [0.717, 1.165) is 5.56 Å². The van der Waals surface area contributed by atoms with Gasteiger partial charge in [-0.2, -0.15) is 0 Å². The molecule has 1 amide bonds. The summed E-state index contributed by atoms with van der Waals surface area (Å²) in [5.41, 5.74) is 0.358. The van der Waals surface area contributed by atoms with Gasteiger partial charge in [0.1, 0.15) is 5.60 Å². The normalized spacial score (nSPS) is 22.1. The lowest BCUT2D eigenvalue weighted by molar-refractivity contribution is -0.141. The summed E-state index contributed by atoms with van der Waals surface area (Å²) in [6.07, 6.45) is -0.452. The van der Waals surface area contributed by atoms with Gasteiger partial charge in [0.25, 0.3) is 0 Å². The average Bonchev–Trinajstić information content (AvgIpc) is 2.83. The number of benzene rings is 1. The lowest BCUT2D eigenvalue weighted by Gasteiger charge is -2.24. The van der Waals surface area contributed by atoms with Crippen LogP contribution in [-0.4, -0.2) is 40.8 Å². The molecule has 114 valence electrons. The number of likely N-dealkylation sites (tertiary alicyclic amines) is 1. The number of carboxylic acids is 1. The first-order valence-corrected chi connectivity index (χ1v) is 7.03. The molecule has 0 radical (unpaired) electrons. The molecular formula is C16H21NO4. The Bertz CT molecular complexity index is 521. The fraction of sp³-hybridized carbons (Fsp3) is 0.500. The van der Waals surface area contributed by atoms with Crippen LogP contribution in [0.2, 0.25) is 0 Å². The number of carbonyl (C=O) groups excluding carboxylic acids is 1. The molecule has 0 spiro atoms. The first-order valence-electron chi connectivity index (χ1n) is 7.03. The summed E-state index contributed by atoms with van der Waals surface area (Å²) in [7, 11) is 0. The zero-order valence-corrected chi connectivity index (χ0v) is 12.6. The van der Waals surface area contributed by atoms with E-state index in [1.54, 1.807) is 20.8 Å². The number of rotatable bonds is 2. The van der Waals surface area contributed by atoms with Gasteiger partial charge in [-0.25, -0.2) is 4.79 Å². The lowest BCUT2D eigenvalue weighted by Crippen LogP contribution is -2.35. The minimum Gasteiger partial charge on any atom is -0.481 e. The number of hydrogen-bond acceptors (Lipinski definition) is 3. The highest BCUT2D eigenvalue weighted by Gasteiger charge is 2.41. The molecule has 0 bridgehead atoms. The van der Waals surface area contributed by atoms with Crippen LogP contribution in [0.5, 0.6) is 0 Å². The molecule has 1 aliphatic rings. The molecule has 1 aromatic carbocycles. The molecule has 0 unspecified atom stereocenters. The Kier molecular flexibility index (Phi) is 4.21. The van der Waals surface area contributed by atoms with Gasteiger partial charge in [-0.3, -0.25) is 4.79 Å². The number of hydrogen-bond donors (Lipinski definition) is 1. The molecule has 21 heavy (non-hydrogen) atoms. The van der Waals surface area contributed by atoms with Crippen molar-refractivity contribution in [2.24, 2.45) is 5.92 Å². The monoisotopic (exact) mass is 291 g/mol. The summed E-state index contributed by atoms with van der Waals surface area (Å²) in [5.74, 6) is -1.67. The molecule has 0 saturated carbocycles. The van der Waals surface area contributed by atoms with Gasteiger partial charge in [0.05, 0.1) is 5.92 Å². The van der Waals surface area contributed by atoms with Crippen LogP contribution < -0.4 is 0 Å². The third-order valence-corrected chi connectivity index (χ3v) is 3.52. The topological polar surface area (TPSA) is 66.8 Å². The Labute approximate surface area is 124 Å². The lowest BCUT2D eigenvalue weighted by atomic mass is 9.89. The van der Waals surface area contributed by atoms with Crippen molar-refractivity contribution in [2.45, 2.75) is 32.3 Å². The van der Waals surface area contributed by atoms with Crippen LogP contribution in [0.4, 0.5) is 4.79 Å². The van der Waals surface area contributed by atoms with Crippen molar-refractivity contribution in [1.29, 1.82) is 0 Å². The van der Waals surface area contributed by atoms with Gasteiger partial charge in [0, 0.05) is 19.0 Å². The van der Waals surface area contributed by atoms with E-state index >= 15 is 0 Å². The van der Waals surface area contributed by atoms with Gasteiger partial charge in [-0.05, 0) is 26.3 Å². The van der Waals surface area contributed by atoms with E-state index in [-0.39, 0.29) is 12.5 Å². The second kappa shape index (κ2) is 5.76. The largest absolute Gasteiger partial charge is 0.481 e. The molecule has 2 rings (SSSR count). The van der Waals surface area contributed by atoms with Crippen LogP contribution in [-0.2, 0) is 9.53 Å². The Morgan fingerprint density at radius 1 is 1.19 bits per heavy atom. The third-order valence-electron chi connectivity index (χ3n) is 3.52. The zero-order valence-electron chi connectivity index (χ0n) is 12.6. The van der Waals surface area contributed by atoms with Crippen LogP contribution in [0.3, 0.4) is 0 Å². The molecule has 1 fully saturated rings. The van der Waals surface area contributed by atoms with Crippen LogP contribution in [0.25, 0.3) is 0 Å². The Morgan fingerprint density at radius 3 is 2.33 bits per heavy atom. The number of aliphatic carboxylic acids is 1. The predicted octanol–water partition coefficient (Wildman–Crippen LogP) is 2.72. The van der Waals surface area contributed by atoms with E-state index in [1.807, 2.05) is 30.3 Å². The van der Waals surface area contributed by atoms with Crippen LogP contribution >= 0.6 is 0 Å². The molecule has 5 heteroatoms. The smallest absolute Gasteiger partial charge is 0.410 e. The van der Waals surface area contributed by atoms with E-state index in [0.29, 0.717) is 6.54 Å². The summed E-state index contributed by atoms with van der Waals surface area (Å²) in [6, 6.07) is 9.45. The maximum Gasteiger partial charge on any atom is 0.410 e. The molecule has 0 aromatic heterocycles. The number of carbonyl (C=O) groups is 2. The van der Waals surface area contributed by atoms with Crippen molar-refractivity contribution in [3.8, 4) is 0 Å². The maximum atomic E-state index is 12.1. The average molecular weight is 291 g/mol. The van der Waals surface area contributed by atoms with Crippen molar-refractivity contribution in [2.75, 3.05) is 13.1 Å². The fourth-order valence-electron chi connectivity index (χ4n) is 2.57. The zero-order chi connectivity index (χ0) is 15.6. The van der Waals surface area contributed by atoms with Crippen LogP contribution in [0.15, 0.2) is 30.3 Å². The molecule has 1 aliphatic heterocycles. The van der Waals surface area contributed by atoms with Gasteiger partial charge < -0.3 is 14.7 Å².